The third kappa shape index (κ3) is 7.04. The molecule has 0 aromatic rings. The average Bonchev–Trinajstić information content (AvgIpc) is 2.03. The summed E-state index contributed by atoms with van der Waals surface area (Å²) >= 11 is 0. The Hall–Kier alpha value is -0.850. The molecule has 0 bridgehead atoms. The third-order valence-corrected chi connectivity index (χ3v) is 1.22. The molecule has 0 aromatic carbocycles. The lowest BCUT2D eigenvalue weighted by atomic mass is 10.1. The van der Waals surface area contributed by atoms with Gasteiger partial charge in [0, 0.05) is 0 Å². The highest BCUT2D eigenvalue weighted by molar-refractivity contribution is 5.21. The molecule has 0 aliphatic heterocycles. The Bertz CT molecular complexity index is 134. The van der Waals surface area contributed by atoms with Crippen LogP contribution >= 0.6 is 0 Å². The SMILES string of the molecule is C=C.C=C(F)/C(=C\C)CCC. The fourth-order valence-corrected chi connectivity index (χ4v) is 0.706. The zero-order chi connectivity index (χ0) is 9.28. The molecule has 1 heteroatoms. The van der Waals surface area contributed by atoms with Crippen LogP contribution in [0.1, 0.15) is 26.7 Å². The molecule has 0 N–H and O–H groups in total. The molecule has 0 rings (SSSR count). The smallest absolute Gasteiger partial charge is 0.118 e. The molecule has 0 unspecified atom stereocenters. The van der Waals surface area contributed by atoms with E-state index in [2.05, 4.69) is 19.7 Å². The molecule has 0 fully saturated rings. The first kappa shape index (κ1) is 12.8. The monoisotopic (exact) mass is 156 g/mol. The van der Waals surface area contributed by atoms with Gasteiger partial charge in [0.2, 0.25) is 0 Å². The minimum atomic E-state index is -0.292. The first-order valence-electron chi connectivity index (χ1n) is 3.72. The first-order valence-corrected chi connectivity index (χ1v) is 3.72. The Morgan fingerprint density at radius 2 is 1.91 bits per heavy atom. The van der Waals surface area contributed by atoms with Crippen molar-refractivity contribution in [2.75, 3.05) is 0 Å². The van der Waals surface area contributed by atoms with Crippen molar-refractivity contribution in [1.82, 2.24) is 0 Å². The molecule has 64 valence electrons. The van der Waals surface area contributed by atoms with Gasteiger partial charge >= 0.3 is 0 Å². The summed E-state index contributed by atoms with van der Waals surface area (Å²) in [6.45, 7) is 13.1. The summed E-state index contributed by atoms with van der Waals surface area (Å²) in [5.74, 6) is -0.292. The molecule has 0 aliphatic rings. The topological polar surface area (TPSA) is 0 Å². The van der Waals surface area contributed by atoms with Gasteiger partial charge in [0.25, 0.3) is 0 Å². The Morgan fingerprint density at radius 3 is 2.00 bits per heavy atom. The van der Waals surface area contributed by atoms with E-state index in [-0.39, 0.29) is 5.83 Å². The third-order valence-electron chi connectivity index (χ3n) is 1.22. The normalized spacial score (nSPS) is 9.91. The summed E-state index contributed by atoms with van der Waals surface area (Å²) in [6, 6.07) is 0. The van der Waals surface area contributed by atoms with E-state index in [9.17, 15) is 4.39 Å². The van der Waals surface area contributed by atoms with E-state index in [1.54, 1.807) is 6.08 Å². The molecule has 11 heavy (non-hydrogen) atoms. The van der Waals surface area contributed by atoms with Crippen LogP contribution in [0.25, 0.3) is 0 Å². The molecule has 0 radical (unpaired) electrons. The van der Waals surface area contributed by atoms with Crippen molar-refractivity contribution in [3.05, 3.63) is 37.2 Å². The van der Waals surface area contributed by atoms with E-state index in [4.69, 9.17) is 0 Å². The van der Waals surface area contributed by atoms with Crippen molar-refractivity contribution in [2.24, 2.45) is 0 Å². The van der Waals surface area contributed by atoms with Gasteiger partial charge in [0.1, 0.15) is 5.83 Å². The lowest BCUT2D eigenvalue weighted by molar-refractivity contribution is 0.639. The standard InChI is InChI=1S/C8H13F.C2H4/c1-4-6-8(5-2)7(3)9;1-2/h5H,3-4,6H2,1-2H3;1-2H2/b8-5-;. The van der Waals surface area contributed by atoms with Gasteiger partial charge in [-0.3, -0.25) is 0 Å². The lowest BCUT2D eigenvalue weighted by Gasteiger charge is -1.98. The molecule has 0 spiro atoms. The maximum Gasteiger partial charge on any atom is 0.118 e. The van der Waals surface area contributed by atoms with Crippen molar-refractivity contribution >= 4 is 0 Å². The van der Waals surface area contributed by atoms with Crippen molar-refractivity contribution in [2.45, 2.75) is 26.7 Å². The molecule has 0 atom stereocenters. The fourth-order valence-electron chi connectivity index (χ4n) is 0.706. The molecule has 0 heterocycles. The molecule has 0 saturated carbocycles. The van der Waals surface area contributed by atoms with E-state index in [1.165, 1.54) is 0 Å². The van der Waals surface area contributed by atoms with E-state index < -0.39 is 0 Å². The van der Waals surface area contributed by atoms with Gasteiger partial charge in [-0.1, -0.05) is 26.0 Å². The second-order valence-electron chi connectivity index (χ2n) is 1.97. The van der Waals surface area contributed by atoms with E-state index in [0.717, 1.165) is 18.4 Å². The summed E-state index contributed by atoms with van der Waals surface area (Å²) in [6.07, 6.45) is 3.54. The highest BCUT2D eigenvalue weighted by Gasteiger charge is 1.96. The summed E-state index contributed by atoms with van der Waals surface area (Å²) < 4.78 is 12.3. The highest BCUT2D eigenvalue weighted by Crippen LogP contribution is 2.14. The van der Waals surface area contributed by atoms with Crippen molar-refractivity contribution < 1.29 is 4.39 Å². The fraction of sp³-hybridized carbons (Fsp3) is 0.400. The van der Waals surface area contributed by atoms with Crippen LogP contribution in [0.2, 0.25) is 0 Å². The van der Waals surface area contributed by atoms with Crippen LogP contribution in [0.15, 0.2) is 37.2 Å². The number of hydrogen-bond acceptors (Lipinski definition) is 0. The van der Waals surface area contributed by atoms with Crippen LogP contribution in [0.4, 0.5) is 4.39 Å². The molecular weight excluding hydrogens is 139 g/mol. The Kier molecular flexibility index (Phi) is 10.6. The minimum absolute atomic E-state index is 0.292. The molecular formula is C10H17F. The minimum Gasteiger partial charge on any atom is -0.207 e. The molecule has 0 amide bonds. The second kappa shape index (κ2) is 9.15. The van der Waals surface area contributed by atoms with Crippen LogP contribution in [0.3, 0.4) is 0 Å². The van der Waals surface area contributed by atoms with Crippen molar-refractivity contribution in [1.29, 1.82) is 0 Å². The van der Waals surface area contributed by atoms with E-state index in [1.807, 2.05) is 13.8 Å². The molecule has 0 aromatic heterocycles. The van der Waals surface area contributed by atoms with Crippen LogP contribution < -0.4 is 0 Å². The van der Waals surface area contributed by atoms with Gasteiger partial charge in [0.05, 0.1) is 0 Å². The number of halogens is 1. The first-order chi connectivity index (χ1) is 5.22. The van der Waals surface area contributed by atoms with Gasteiger partial charge in [0.15, 0.2) is 0 Å². The van der Waals surface area contributed by atoms with Crippen LogP contribution in [0.5, 0.6) is 0 Å². The van der Waals surface area contributed by atoms with E-state index in [0.29, 0.717) is 0 Å². The predicted molar refractivity (Wildman–Crippen MR) is 50.2 cm³/mol. The zero-order valence-electron chi connectivity index (χ0n) is 7.49. The van der Waals surface area contributed by atoms with Crippen molar-refractivity contribution in [3.8, 4) is 0 Å². The van der Waals surface area contributed by atoms with Crippen LogP contribution in [0, 0.1) is 0 Å². The summed E-state index contributed by atoms with van der Waals surface area (Å²) in [7, 11) is 0. The molecule has 0 aliphatic carbocycles. The highest BCUT2D eigenvalue weighted by atomic mass is 19.1. The van der Waals surface area contributed by atoms with Crippen LogP contribution in [-0.4, -0.2) is 0 Å². The van der Waals surface area contributed by atoms with Crippen molar-refractivity contribution in [3.63, 3.8) is 0 Å². The lowest BCUT2D eigenvalue weighted by Crippen LogP contribution is -1.80. The van der Waals surface area contributed by atoms with Gasteiger partial charge in [-0.05, 0) is 18.9 Å². The van der Waals surface area contributed by atoms with Gasteiger partial charge in [-0.2, -0.15) is 0 Å². The maximum absolute atomic E-state index is 12.3. The molecule has 0 saturated heterocycles. The summed E-state index contributed by atoms with van der Waals surface area (Å²) in [5.41, 5.74) is 0.734. The van der Waals surface area contributed by atoms with Crippen LogP contribution in [-0.2, 0) is 0 Å². The number of allylic oxidation sites excluding steroid dienone is 3. The largest absolute Gasteiger partial charge is 0.207 e. The van der Waals surface area contributed by atoms with Gasteiger partial charge in [-0.15, -0.1) is 13.2 Å². The summed E-state index contributed by atoms with van der Waals surface area (Å²) in [4.78, 5) is 0. The number of rotatable bonds is 3. The maximum atomic E-state index is 12.3. The van der Waals surface area contributed by atoms with Gasteiger partial charge in [-0.25, -0.2) is 4.39 Å². The molecule has 0 nitrogen and oxygen atoms in total. The quantitative estimate of drug-likeness (QED) is 0.427. The average molecular weight is 156 g/mol. The van der Waals surface area contributed by atoms with E-state index >= 15 is 0 Å². The van der Waals surface area contributed by atoms with Gasteiger partial charge < -0.3 is 0 Å². The predicted octanol–water partition coefficient (Wildman–Crippen LogP) is 4.02. The Labute approximate surface area is 69.1 Å². The Morgan fingerprint density at radius 1 is 1.45 bits per heavy atom. The number of hydrogen-bond donors (Lipinski definition) is 0. The Balaban J connectivity index is 0. The zero-order valence-corrected chi connectivity index (χ0v) is 7.49. The second-order valence-corrected chi connectivity index (χ2v) is 1.97. The summed E-state index contributed by atoms with van der Waals surface area (Å²) in [5, 5.41) is 0.